The second-order valence-electron chi connectivity index (χ2n) is 6.51. The number of piperazine rings is 1. The lowest BCUT2D eigenvalue weighted by Crippen LogP contribution is -2.60. The van der Waals surface area contributed by atoms with E-state index >= 15 is 0 Å². The van der Waals surface area contributed by atoms with Crippen molar-refractivity contribution in [2.24, 2.45) is 11.8 Å². The maximum Gasteiger partial charge on any atom is 0.0198 e. The van der Waals surface area contributed by atoms with E-state index in [1.54, 1.807) is 0 Å². The van der Waals surface area contributed by atoms with Gasteiger partial charge in [-0.25, -0.2) is 0 Å². The minimum atomic E-state index is 0.729. The first kappa shape index (κ1) is 12.4. The van der Waals surface area contributed by atoms with Crippen molar-refractivity contribution in [2.45, 2.75) is 65.1 Å². The molecule has 0 spiro atoms. The lowest BCUT2D eigenvalue weighted by molar-refractivity contribution is 0.0219. The van der Waals surface area contributed by atoms with Crippen LogP contribution in [-0.4, -0.2) is 36.1 Å². The van der Waals surface area contributed by atoms with Gasteiger partial charge in [-0.2, -0.15) is 0 Å². The van der Waals surface area contributed by atoms with Crippen LogP contribution in [0.3, 0.4) is 0 Å². The van der Waals surface area contributed by atoms with E-state index < -0.39 is 0 Å². The van der Waals surface area contributed by atoms with E-state index in [4.69, 9.17) is 0 Å². The average molecular weight is 224 g/mol. The van der Waals surface area contributed by atoms with Crippen LogP contribution in [0, 0.1) is 11.8 Å². The van der Waals surface area contributed by atoms with Gasteiger partial charge in [0.15, 0.2) is 0 Å². The molecule has 2 heteroatoms. The number of hydrogen-bond donors (Lipinski definition) is 1. The van der Waals surface area contributed by atoms with E-state index in [1.165, 1.54) is 32.4 Å². The van der Waals surface area contributed by atoms with Crippen LogP contribution in [0.5, 0.6) is 0 Å². The Morgan fingerprint density at radius 3 is 2.50 bits per heavy atom. The minimum absolute atomic E-state index is 0.729. The summed E-state index contributed by atoms with van der Waals surface area (Å²) in [7, 11) is 0. The van der Waals surface area contributed by atoms with Crippen molar-refractivity contribution in [2.75, 3.05) is 13.1 Å². The molecular formula is C14H28N2. The van der Waals surface area contributed by atoms with Crippen molar-refractivity contribution in [3.05, 3.63) is 0 Å². The molecule has 1 N–H and O–H groups in total. The second kappa shape index (κ2) is 5.05. The normalized spacial score (nSPS) is 41.1. The maximum absolute atomic E-state index is 3.70. The average Bonchev–Trinajstić information content (AvgIpc) is 2.16. The molecule has 1 heterocycles. The highest BCUT2D eigenvalue weighted by Crippen LogP contribution is 2.33. The lowest BCUT2D eigenvalue weighted by atomic mass is 9.79. The van der Waals surface area contributed by atoms with Crippen LogP contribution in [0.1, 0.15) is 47.0 Å². The molecule has 0 aromatic heterocycles. The highest BCUT2D eigenvalue weighted by molar-refractivity contribution is 4.93. The molecule has 1 saturated carbocycles. The third-order valence-electron chi connectivity index (χ3n) is 4.27. The quantitative estimate of drug-likeness (QED) is 0.792. The Balaban J connectivity index is 1.85. The van der Waals surface area contributed by atoms with Crippen LogP contribution < -0.4 is 5.32 Å². The molecule has 1 aliphatic heterocycles. The largest absolute Gasteiger partial charge is 0.311 e. The fourth-order valence-corrected chi connectivity index (χ4v) is 3.32. The Morgan fingerprint density at radius 2 is 1.94 bits per heavy atom. The van der Waals surface area contributed by atoms with E-state index in [0.717, 1.165) is 30.0 Å². The molecule has 0 radical (unpaired) electrons. The molecular weight excluding hydrogens is 196 g/mol. The molecule has 0 aromatic rings. The molecule has 2 aliphatic rings. The van der Waals surface area contributed by atoms with Gasteiger partial charge in [0.05, 0.1) is 0 Å². The predicted molar refractivity (Wildman–Crippen MR) is 69.6 cm³/mol. The molecule has 16 heavy (non-hydrogen) atoms. The maximum atomic E-state index is 3.70. The highest BCUT2D eigenvalue weighted by Gasteiger charge is 2.36. The first-order valence-electron chi connectivity index (χ1n) is 7.05. The lowest BCUT2D eigenvalue weighted by Gasteiger charge is -2.49. The Labute approximate surface area is 101 Å². The van der Waals surface area contributed by atoms with E-state index in [-0.39, 0.29) is 0 Å². The first-order chi connectivity index (χ1) is 7.56. The van der Waals surface area contributed by atoms with Crippen LogP contribution in [0.4, 0.5) is 0 Å². The molecule has 0 aromatic carbocycles. The number of rotatable bonds is 3. The molecule has 94 valence electrons. The molecule has 2 nitrogen and oxygen atoms in total. The minimum Gasteiger partial charge on any atom is -0.311 e. The van der Waals surface area contributed by atoms with Gasteiger partial charge < -0.3 is 5.32 Å². The summed E-state index contributed by atoms with van der Waals surface area (Å²) in [5.41, 5.74) is 0. The van der Waals surface area contributed by atoms with Gasteiger partial charge in [-0.3, -0.25) is 4.90 Å². The van der Waals surface area contributed by atoms with Crippen LogP contribution in [0.2, 0.25) is 0 Å². The second-order valence-corrected chi connectivity index (χ2v) is 6.51. The van der Waals surface area contributed by atoms with Gasteiger partial charge in [0.2, 0.25) is 0 Å². The summed E-state index contributed by atoms with van der Waals surface area (Å²) in [6.45, 7) is 11.9. The number of hydrogen-bond acceptors (Lipinski definition) is 2. The fraction of sp³-hybridized carbons (Fsp3) is 1.00. The predicted octanol–water partition coefficient (Wildman–Crippen LogP) is 2.49. The van der Waals surface area contributed by atoms with Crippen molar-refractivity contribution >= 4 is 0 Å². The van der Waals surface area contributed by atoms with Crippen LogP contribution >= 0.6 is 0 Å². The monoisotopic (exact) mass is 224 g/mol. The van der Waals surface area contributed by atoms with Gasteiger partial charge in [0.25, 0.3) is 0 Å². The molecule has 0 amide bonds. The summed E-state index contributed by atoms with van der Waals surface area (Å²) < 4.78 is 0. The van der Waals surface area contributed by atoms with Crippen LogP contribution in [-0.2, 0) is 0 Å². The molecule has 2 unspecified atom stereocenters. The first-order valence-corrected chi connectivity index (χ1v) is 7.05. The third kappa shape index (κ3) is 2.78. The third-order valence-corrected chi connectivity index (χ3v) is 4.27. The summed E-state index contributed by atoms with van der Waals surface area (Å²) >= 11 is 0. The molecule has 1 saturated heterocycles. The number of nitrogens with zero attached hydrogens (tertiary/aromatic N) is 1. The zero-order valence-corrected chi connectivity index (χ0v) is 11.4. The van der Waals surface area contributed by atoms with E-state index in [0.29, 0.717) is 0 Å². The highest BCUT2D eigenvalue weighted by atomic mass is 15.3. The summed E-state index contributed by atoms with van der Waals surface area (Å²) in [6.07, 6.45) is 4.18. The Morgan fingerprint density at radius 1 is 1.25 bits per heavy atom. The topological polar surface area (TPSA) is 15.3 Å². The fourth-order valence-electron chi connectivity index (χ4n) is 3.32. The van der Waals surface area contributed by atoms with Crippen molar-refractivity contribution in [3.63, 3.8) is 0 Å². The van der Waals surface area contributed by atoms with Crippen molar-refractivity contribution in [1.29, 1.82) is 0 Å². The van der Waals surface area contributed by atoms with E-state index in [2.05, 4.69) is 37.9 Å². The molecule has 2 atom stereocenters. The Kier molecular flexibility index (Phi) is 3.91. The van der Waals surface area contributed by atoms with Gasteiger partial charge >= 0.3 is 0 Å². The summed E-state index contributed by atoms with van der Waals surface area (Å²) in [5.74, 6) is 1.78. The van der Waals surface area contributed by atoms with Gasteiger partial charge in [-0.05, 0) is 38.0 Å². The van der Waals surface area contributed by atoms with Crippen molar-refractivity contribution < 1.29 is 0 Å². The summed E-state index contributed by atoms with van der Waals surface area (Å²) in [4.78, 5) is 2.77. The van der Waals surface area contributed by atoms with Crippen LogP contribution in [0.15, 0.2) is 0 Å². The van der Waals surface area contributed by atoms with Gasteiger partial charge in [0, 0.05) is 31.2 Å². The van der Waals surface area contributed by atoms with Crippen molar-refractivity contribution in [1.82, 2.24) is 10.2 Å². The zero-order valence-electron chi connectivity index (χ0n) is 11.4. The molecule has 1 aliphatic carbocycles. The van der Waals surface area contributed by atoms with Gasteiger partial charge in [0.1, 0.15) is 0 Å². The Bertz CT molecular complexity index is 221. The molecule has 2 fully saturated rings. The van der Waals surface area contributed by atoms with Gasteiger partial charge in [-0.15, -0.1) is 0 Å². The van der Waals surface area contributed by atoms with Crippen LogP contribution in [0.25, 0.3) is 0 Å². The Hall–Kier alpha value is -0.0800. The molecule has 2 rings (SSSR count). The SMILES string of the molecule is CC(C)CC1CN(C2CC(C)C2)C(C)CN1. The van der Waals surface area contributed by atoms with Crippen molar-refractivity contribution in [3.8, 4) is 0 Å². The standard InChI is InChI=1S/C14H28N2/c1-10(2)5-13-9-16(12(4)8-15-13)14-6-11(3)7-14/h10-15H,5-9H2,1-4H3. The number of nitrogens with one attached hydrogen (secondary N) is 1. The van der Waals surface area contributed by atoms with E-state index in [9.17, 15) is 0 Å². The zero-order chi connectivity index (χ0) is 11.7. The summed E-state index contributed by atoms with van der Waals surface area (Å²) in [5, 5.41) is 3.70. The molecule has 0 bridgehead atoms. The smallest absolute Gasteiger partial charge is 0.0198 e. The summed E-state index contributed by atoms with van der Waals surface area (Å²) in [6, 6.07) is 2.36. The van der Waals surface area contributed by atoms with E-state index in [1.807, 2.05) is 0 Å². The van der Waals surface area contributed by atoms with Gasteiger partial charge in [-0.1, -0.05) is 20.8 Å².